The number of fused-ring (bicyclic) bond motifs is 7. The Morgan fingerprint density at radius 3 is 2.21 bits per heavy atom. The number of benzene rings is 3. The molecular formula is C39H42Cl2N4O7. The minimum absolute atomic E-state index is 0. The molecule has 3 aromatic rings. The summed E-state index contributed by atoms with van der Waals surface area (Å²) >= 11 is 0. The van der Waals surface area contributed by atoms with Crippen LogP contribution in [0.25, 0.3) is 16.7 Å². The summed E-state index contributed by atoms with van der Waals surface area (Å²) in [4.78, 5) is 53.5. The Kier molecular flexibility index (Phi) is 9.82. The van der Waals surface area contributed by atoms with Gasteiger partial charge in [-0.05, 0) is 59.5 Å². The van der Waals surface area contributed by atoms with Crippen molar-refractivity contribution in [3.8, 4) is 16.9 Å². The van der Waals surface area contributed by atoms with E-state index >= 15 is 0 Å². The number of hydrogen-bond acceptors (Lipinski definition) is 6. The zero-order valence-electron chi connectivity index (χ0n) is 29.3. The summed E-state index contributed by atoms with van der Waals surface area (Å²) in [6.45, 7) is 10.4. The lowest BCUT2D eigenvalue weighted by Crippen LogP contribution is -3.00. The molecule has 13 heteroatoms. The predicted molar refractivity (Wildman–Crippen MR) is 185 cm³/mol. The molecule has 1 aliphatic carbocycles. The van der Waals surface area contributed by atoms with E-state index in [0.29, 0.717) is 40.2 Å². The molecule has 4 saturated heterocycles. The molecule has 52 heavy (non-hydrogen) atoms. The Hall–Kier alpha value is -4.26. The van der Waals surface area contributed by atoms with E-state index in [1.54, 1.807) is 26.2 Å². The van der Waals surface area contributed by atoms with Gasteiger partial charge in [0.25, 0.3) is 5.91 Å². The fourth-order valence-corrected chi connectivity index (χ4v) is 9.39. The number of quaternary nitrogens is 2. The number of β-lactam (4-membered cyclic amide) rings is 1. The number of nitrogens with zero attached hydrogens (tertiary/aromatic N) is 3. The molecule has 0 unspecified atom stereocenters. The number of ether oxygens (including phenoxy) is 1. The van der Waals surface area contributed by atoms with Gasteiger partial charge >= 0.3 is 5.97 Å². The number of methoxy groups -OCH3 is 1. The molecule has 3 aromatic carbocycles. The molecule has 2 bridgehead atoms. The maximum absolute atomic E-state index is 13.7. The van der Waals surface area contributed by atoms with Gasteiger partial charge in [0.2, 0.25) is 5.91 Å². The van der Waals surface area contributed by atoms with Gasteiger partial charge in [-0.25, -0.2) is 4.79 Å². The number of nitrogens with one attached hydrogen (secondary N) is 1. The molecule has 274 valence electrons. The second-order valence-electron chi connectivity index (χ2n) is 14.9. The predicted octanol–water partition coefficient (Wildman–Crippen LogP) is -2.63. The summed E-state index contributed by atoms with van der Waals surface area (Å²) in [6, 6.07) is 18.6. The van der Waals surface area contributed by atoms with Gasteiger partial charge in [-0.2, -0.15) is 0 Å². The van der Waals surface area contributed by atoms with Crippen molar-refractivity contribution in [3.05, 3.63) is 88.6 Å². The maximum Gasteiger partial charge on any atom is 0.352 e. The van der Waals surface area contributed by atoms with Gasteiger partial charge in [-0.3, -0.25) is 14.4 Å². The molecule has 9 rings (SSSR count). The highest BCUT2D eigenvalue weighted by Gasteiger charge is 2.60. The summed E-state index contributed by atoms with van der Waals surface area (Å²) in [5, 5.41) is 23.5. The zero-order chi connectivity index (χ0) is 35.1. The van der Waals surface area contributed by atoms with E-state index in [-0.39, 0.29) is 54.0 Å². The number of hydrogen-bond donors (Lipinski definition) is 3. The quantitative estimate of drug-likeness (QED) is 0.126. The van der Waals surface area contributed by atoms with Gasteiger partial charge in [0.15, 0.2) is 12.3 Å². The molecule has 0 radical (unpaired) electrons. The minimum Gasteiger partial charge on any atom is -1.00 e. The molecule has 0 saturated carbocycles. The molecule has 3 N–H and O–H groups in total. The van der Waals surface area contributed by atoms with Crippen molar-refractivity contribution in [1.82, 2.24) is 4.90 Å². The smallest absolute Gasteiger partial charge is 0.352 e. The third-order valence-electron chi connectivity index (χ3n) is 12.1. The first-order chi connectivity index (χ1) is 23.9. The van der Waals surface area contributed by atoms with Crippen LogP contribution >= 0.6 is 0 Å². The van der Waals surface area contributed by atoms with Crippen LogP contribution in [-0.4, -0.2) is 113 Å². The average molecular weight is 750 g/mol. The van der Waals surface area contributed by atoms with Gasteiger partial charge in [0.05, 0.1) is 30.9 Å². The number of para-hydroxylation sites is 2. The second kappa shape index (κ2) is 13.6. The fraction of sp³-hybridized carbons (Fsp3) is 0.385. The Labute approximate surface area is 314 Å². The lowest BCUT2D eigenvalue weighted by atomic mass is 9.76. The summed E-state index contributed by atoms with van der Waals surface area (Å²) in [6.07, 6.45) is -0.877. The van der Waals surface area contributed by atoms with Crippen molar-refractivity contribution < 1.29 is 67.9 Å². The van der Waals surface area contributed by atoms with Gasteiger partial charge in [0.1, 0.15) is 57.3 Å². The van der Waals surface area contributed by atoms with E-state index in [2.05, 4.69) is 11.4 Å². The average Bonchev–Trinajstić information content (AvgIpc) is 3.52. The summed E-state index contributed by atoms with van der Waals surface area (Å²) in [7, 11) is 1.60. The molecule has 4 fully saturated rings. The molecule has 6 aliphatic rings. The number of carbonyl (C=O) groups is 4. The van der Waals surface area contributed by atoms with Gasteiger partial charge in [-0.15, -0.1) is 0 Å². The molecule has 2 amide bonds. The van der Waals surface area contributed by atoms with Crippen LogP contribution in [0.1, 0.15) is 40.9 Å². The third kappa shape index (κ3) is 5.79. The van der Waals surface area contributed by atoms with Crippen LogP contribution in [0.15, 0.2) is 66.4 Å². The number of halogens is 2. The number of piperazine rings is 3. The number of carboxylic acid groups (broad SMARTS) is 1. The lowest BCUT2D eigenvalue weighted by molar-refractivity contribution is -1.08. The molecule has 5 aliphatic heterocycles. The largest absolute Gasteiger partial charge is 1.00 e. The topological polar surface area (TPSA) is 133 Å². The highest BCUT2D eigenvalue weighted by Crippen LogP contribution is 2.51. The Morgan fingerprint density at radius 1 is 0.904 bits per heavy atom. The van der Waals surface area contributed by atoms with Crippen LogP contribution in [0.5, 0.6) is 5.75 Å². The first-order valence-corrected chi connectivity index (χ1v) is 17.4. The Balaban J connectivity index is 0.00000232. The molecule has 0 aromatic heterocycles. The van der Waals surface area contributed by atoms with Crippen LogP contribution in [0.4, 0.5) is 5.69 Å². The SMILES string of the molecule is COc1ccccc1NC(=O)C[N+]12CC[N+](Cc3ccc4c(c3)C(=O)c3ccc(C5=C(C(=O)O)N6C(=O)[C@H]([C@@H](C)O)[C@H]6[C@H]5C)cc3-4)(CC1)CC2.[Cl-].[Cl-]. The number of carbonyl (C=O) groups excluding carboxylic acids is 3. The first kappa shape index (κ1) is 37.5. The minimum atomic E-state index is -1.18. The van der Waals surface area contributed by atoms with Crippen LogP contribution in [-0.2, 0) is 20.9 Å². The van der Waals surface area contributed by atoms with Crippen molar-refractivity contribution in [2.24, 2.45) is 11.8 Å². The van der Waals surface area contributed by atoms with E-state index in [1.807, 2.05) is 49.4 Å². The van der Waals surface area contributed by atoms with Crippen LogP contribution in [0.3, 0.4) is 0 Å². The van der Waals surface area contributed by atoms with Crippen molar-refractivity contribution in [2.45, 2.75) is 32.5 Å². The van der Waals surface area contributed by atoms with E-state index in [4.69, 9.17) is 4.74 Å². The number of anilines is 1. The number of aliphatic hydroxyl groups is 1. The highest BCUT2D eigenvalue weighted by atomic mass is 35.5. The fourth-order valence-electron chi connectivity index (χ4n) is 9.39. The van der Waals surface area contributed by atoms with Crippen LogP contribution in [0, 0.1) is 11.8 Å². The zero-order valence-corrected chi connectivity index (χ0v) is 30.8. The van der Waals surface area contributed by atoms with E-state index in [9.17, 15) is 29.4 Å². The standard InChI is InChI=1S/C39H40N4O7.2ClH/c1-22-33(36(39(48)49)41-35(22)34(23(2)44)38(41)47)25-9-11-27-28(19-25)26-10-8-24(18-29(26)37(27)46)20-42-12-15-43(16-13-42,17-14-42)21-32(45)40-30-6-4-5-7-31(30)50-3;;/h4-11,18-19,22-23,34-35,44H,12-17,20-21H2,1-3H3;2*1H/t22-,23+,34+,35+,42?,43?;;/m0../s1. The first-order valence-electron chi connectivity index (χ1n) is 17.4. The normalized spacial score (nSPS) is 27.1. The second-order valence-corrected chi connectivity index (χ2v) is 14.9. The van der Waals surface area contributed by atoms with Gasteiger partial charge in [-0.1, -0.05) is 37.3 Å². The monoisotopic (exact) mass is 748 g/mol. The summed E-state index contributed by atoms with van der Waals surface area (Å²) in [5.74, 6) is -1.88. The summed E-state index contributed by atoms with van der Waals surface area (Å²) in [5.41, 5.74) is 5.80. The van der Waals surface area contributed by atoms with Gasteiger partial charge < -0.3 is 58.9 Å². The Bertz CT molecular complexity index is 2010. The lowest BCUT2D eigenvalue weighted by Gasteiger charge is -2.55. The van der Waals surface area contributed by atoms with Crippen molar-refractivity contribution in [3.63, 3.8) is 0 Å². The maximum atomic E-state index is 13.7. The van der Waals surface area contributed by atoms with E-state index in [0.717, 1.165) is 71.5 Å². The van der Waals surface area contributed by atoms with Crippen molar-refractivity contribution >= 4 is 34.8 Å². The number of amides is 2. The molecule has 11 nitrogen and oxygen atoms in total. The van der Waals surface area contributed by atoms with Crippen LogP contribution < -0.4 is 34.9 Å². The number of ketones is 1. The molecule has 4 atom stereocenters. The third-order valence-corrected chi connectivity index (χ3v) is 12.1. The number of aliphatic hydroxyl groups excluding tert-OH is 1. The number of carboxylic acids is 1. The van der Waals surface area contributed by atoms with E-state index in [1.165, 1.54) is 4.90 Å². The highest BCUT2D eigenvalue weighted by molar-refractivity contribution is 6.22. The number of aliphatic carboxylic acids is 1. The summed E-state index contributed by atoms with van der Waals surface area (Å²) < 4.78 is 7.12. The Morgan fingerprint density at radius 2 is 1.56 bits per heavy atom. The molecule has 5 heterocycles. The van der Waals surface area contributed by atoms with Crippen molar-refractivity contribution in [1.29, 1.82) is 0 Å². The van der Waals surface area contributed by atoms with E-state index < -0.39 is 24.0 Å². The molecular weight excluding hydrogens is 707 g/mol. The van der Waals surface area contributed by atoms with Gasteiger partial charge in [0, 0.05) is 22.6 Å². The van der Waals surface area contributed by atoms with Crippen molar-refractivity contribution in [2.75, 3.05) is 58.2 Å². The van der Waals surface area contributed by atoms with Crippen LogP contribution in [0.2, 0.25) is 0 Å². The molecule has 0 spiro atoms. The number of rotatable bonds is 9.